The Labute approximate surface area is 102 Å². The highest BCUT2D eigenvalue weighted by Crippen LogP contribution is 2.25. The van der Waals surface area contributed by atoms with Crippen LogP contribution < -0.4 is 5.14 Å². The Bertz CT molecular complexity index is 587. The first-order valence-electron chi connectivity index (χ1n) is 4.31. The molecule has 1 aromatic rings. The Morgan fingerprint density at radius 1 is 1.24 bits per heavy atom. The molecule has 0 saturated carbocycles. The summed E-state index contributed by atoms with van der Waals surface area (Å²) in [6.07, 6.45) is -1.40. The largest absolute Gasteiger partial charge is 0.394 e. The second-order valence-corrected chi connectivity index (χ2v) is 8.37. The quantitative estimate of drug-likeness (QED) is 0.607. The number of aliphatic hydroxyl groups excluding tert-OH is 2. The number of rotatable bonds is 5. The number of aliphatic hydroxyl groups is 2. The maximum absolute atomic E-state index is 11.6. The first-order chi connectivity index (χ1) is 7.66. The standard InChI is InChI=1S/C7H11NO6S3/c8-17(13,14)7-2-1-6(15-7)16(11,12)4-5(10)3-9/h1-2,5,9-10H,3-4H2,(H2,8,13,14). The smallest absolute Gasteiger partial charge is 0.247 e. The van der Waals surface area contributed by atoms with Crippen molar-refractivity contribution in [2.75, 3.05) is 12.4 Å². The van der Waals surface area contributed by atoms with Crippen LogP contribution in [0.4, 0.5) is 0 Å². The molecular weight excluding hydrogens is 290 g/mol. The Morgan fingerprint density at radius 3 is 2.18 bits per heavy atom. The molecule has 1 heterocycles. The number of primary sulfonamides is 1. The molecule has 4 N–H and O–H groups in total. The van der Waals surface area contributed by atoms with Crippen LogP contribution in [0.1, 0.15) is 0 Å². The average molecular weight is 301 g/mol. The summed E-state index contributed by atoms with van der Waals surface area (Å²) in [7, 11) is -7.76. The molecule has 0 radical (unpaired) electrons. The van der Waals surface area contributed by atoms with Crippen molar-refractivity contribution < 1.29 is 27.0 Å². The molecule has 0 aliphatic rings. The van der Waals surface area contributed by atoms with Crippen LogP contribution in [0.3, 0.4) is 0 Å². The van der Waals surface area contributed by atoms with Gasteiger partial charge in [0.2, 0.25) is 10.0 Å². The van der Waals surface area contributed by atoms with Crippen LogP contribution in [0.5, 0.6) is 0 Å². The minimum atomic E-state index is -3.93. The van der Waals surface area contributed by atoms with Gasteiger partial charge in [0.05, 0.1) is 18.5 Å². The van der Waals surface area contributed by atoms with E-state index in [1.165, 1.54) is 0 Å². The molecule has 0 amide bonds. The molecule has 0 bridgehead atoms. The van der Waals surface area contributed by atoms with Gasteiger partial charge in [-0.15, -0.1) is 11.3 Å². The maximum atomic E-state index is 11.6. The molecule has 1 rings (SSSR count). The highest BCUT2D eigenvalue weighted by atomic mass is 32.3. The molecule has 98 valence electrons. The van der Waals surface area contributed by atoms with Gasteiger partial charge in [-0.25, -0.2) is 22.0 Å². The van der Waals surface area contributed by atoms with E-state index >= 15 is 0 Å². The fourth-order valence-corrected chi connectivity index (χ4v) is 4.66. The zero-order valence-corrected chi connectivity index (χ0v) is 10.9. The van der Waals surface area contributed by atoms with Crippen LogP contribution in [0, 0.1) is 0 Å². The summed E-state index contributed by atoms with van der Waals surface area (Å²) in [5.74, 6) is -0.673. The third-order valence-corrected chi connectivity index (χ3v) is 6.67. The Balaban J connectivity index is 3.06. The van der Waals surface area contributed by atoms with Crippen molar-refractivity contribution in [2.45, 2.75) is 14.5 Å². The van der Waals surface area contributed by atoms with Crippen LogP contribution in [0.25, 0.3) is 0 Å². The number of sulfone groups is 1. The number of thiophene rings is 1. The van der Waals surface area contributed by atoms with Gasteiger partial charge in [0.25, 0.3) is 0 Å². The number of hydrogen-bond acceptors (Lipinski definition) is 7. The second-order valence-electron chi connectivity index (χ2n) is 3.24. The summed E-state index contributed by atoms with van der Waals surface area (Å²) in [6.45, 7) is -0.688. The Morgan fingerprint density at radius 2 is 1.76 bits per heavy atom. The summed E-state index contributed by atoms with van der Waals surface area (Å²) in [4.78, 5) is 0. The van der Waals surface area contributed by atoms with Crippen molar-refractivity contribution >= 4 is 31.2 Å². The maximum Gasteiger partial charge on any atom is 0.247 e. The topological polar surface area (TPSA) is 135 Å². The van der Waals surface area contributed by atoms with Crippen LogP contribution >= 0.6 is 11.3 Å². The zero-order chi connectivity index (χ0) is 13.3. The third-order valence-electron chi connectivity index (χ3n) is 1.77. The van der Waals surface area contributed by atoms with E-state index in [-0.39, 0.29) is 8.42 Å². The van der Waals surface area contributed by atoms with E-state index in [1.807, 2.05) is 0 Å². The Kier molecular flexibility index (Phi) is 4.28. The van der Waals surface area contributed by atoms with E-state index < -0.39 is 38.3 Å². The molecular formula is C7H11NO6S3. The molecule has 0 spiro atoms. The lowest BCUT2D eigenvalue weighted by molar-refractivity contribution is 0.112. The minimum Gasteiger partial charge on any atom is -0.394 e. The fraction of sp³-hybridized carbons (Fsp3) is 0.429. The lowest BCUT2D eigenvalue weighted by Crippen LogP contribution is -2.23. The minimum absolute atomic E-state index is 0.214. The van der Waals surface area contributed by atoms with Gasteiger partial charge in [-0.3, -0.25) is 0 Å². The van der Waals surface area contributed by atoms with Crippen LogP contribution in [0.15, 0.2) is 20.6 Å². The van der Waals surface area contributed by atoms with Gasteiger partial charge in [-0.1, -0.05) is 0 Å². The number of nitrogens with two attached hydrogens (primary N) is 1. The predicted molar refractivity (Wildman–Crippen MR) is 60.8 cm³/mol. The highest BCUT2D eigenvalue weighted by Gasteiger charge is 2.23. The van der Waals surface area contributed by atoms with E-state index in [9.17, 15) is 16.8 Å². The molecule has 0 aliphatic heterocycles. The first kappa shape index (κ1) is 14.5. The molecule has 1 unspecified atom stereocenters. The van der Waals surface area contributed by atoms with Gasteiger partial charge in [0.15, 0.2) is 9.84 Å². The third kappa shape index (κ3) is 3.72. The van der Waals surface area contributed by atoms with Crippen molar-refractivity contribution in [3.63, 3.8) is 0 Å². The van der Waals surface area contributed by atoms with E-state index in [4.69, 9.17) is 15.4 Å². The summed E-state index contributed by atoms with van der Waals surface area (Å²) in [6, 6.07) is 2.18. The summed E-state index contributed by atoms with van der Waals surface area (Å²) in [5, 5.41) is 22.4. The summed E-state index contributed by atoms with van der Waals surface area (Å²) < 4.78 is 44.7. The van der Waals surface area contributed by atoms with Gasteiger partial charge < -0.3 is 10.2 Å². The second kappa shape index (κ2) is 5.00. The number of hydrogen-bond donors (Lipinski definition) is 3. The molecule has 10 heteroatoms. The van der Waals surface area contributed by atoms with Crippen LogP contribution in [0.2, 0.25) is 0 Å². The molecule has 0 aromatic carbocycles. The summed E-state index contributed by atoms with van der Waals surface area (Å²) >= 11 is 0.506. The van der Waals surface area contributed by atoms with Crippen molar-refractivity contribution in [2.24, 2.45) is 5.14 Å². The number of sulfonamides is 1. The van der Waals surface area contributed by atoms with Crippen molar-refractivity contribution in [3.8, 4) is 0 Å². The van der Waals surface area contributed by atoms with Gasteiger partial charge in [-0.05, 0) is 12.1 Å². The summed E-state index contributed by atoms with van der Waals surface area (Å²) in [5.41, 5.74) is 0. The molecule has 1 aromatic heterocycles. The molecule has 0 aliphatic carbocycles. The van der Waals surface area contributed by atoms with Crippen LogP contribution in [-0.2, 0) is 19.9 Å². The van der Waals surface area contributed by atoms with E-state index in [0.29, 0.717) is 11.3 Å². The molecule has 0 saturated heterocycles. The van der Waals surface area contributed by atoms with Crippen molar-refractivity contribution in [1.82, 2.24) is 0 Å². The van der Waals surface area contributed by atoms with Crippen molar-refractivity contribution in [1.29, 1.82) is 0 Å². The Hall–Kier alpha value is -0.520. The molecule has 17 heavy (non-hydrogen) atoms. The van der Waals surface area contributed by atoms with E-state index in [0.717, 1.165) is 12.1 Å². The van der Waals surface area contributed by atoms with Gasteiger partial charge >= 0.3 is 0 Å². The lowest BCUT2D eigenvalue weighted by atomic mass is 10.4. The highest BCUT2D eigenvalue weighted by molar-refractivity contribution is 7.95. The fourth-order valence-electron chi connectivity index (χ4n) is 1.01. The van der Waals surface area contributed by atoms with Gasteiger partial charge in [0.1, 0.15) is 8.42 Å². The normalized spacial score (nSPS) is 14.8. The average Bonchev–Trinajstić information content (AvgIpc) is 2.65. The van der Waals surface area contributed by atoms with Gasteiger partial charge in [-0.2, -0.15) is 0 Å². The molecule has 7 nitrogen and oxygen atoms in total. The molecule has 0 fully saturated rings. The lowest BCUT2D eigenvalue weighted by Gasteiger charge is -2.06. The van der Waals surface area contributed by atoms with Crippen LogP contribution in [-0.4, -0.2) is 45.5 Å². The van der Waals surface area contributed by atoms with Crippen molar-refractivity contribution in [3.05, 3.63) is 12.1 Å². The monoisotopic (exact) mass is 301 g/mol. The molecule has 1 atom stereocenters. The van der Waals surface area contributed by atoms with E-state index in [1.54, 1.807) is 0 Å². The first-order valence-corrected chi connectivity index (χ1v) is 8.32. The SMILES string of the molecule is NS(=O)(=O)c1ccc(S(=O)(=O)CC(O)CO)s1. The predicted octanol–water partition coefficient (Wildman–Crippen LogP) is -1.48. The van der Waals surface area contributed by atoms with Gasteiger partial charge in [0, 0.05) is 0 Å². The zero-order valence-electron chi connectivity index (χ0n) is 8.48. The van der Waals surface area contributed by atoms with E-state index in [2.05, 4.69) is 0 Å².